The Morgan fingerprint density at radius 2 is 0.906 bits per heavy atom. The van der Waals surface area contributed by atoms with Crippen molar-refractivity contribution in [3.63, 3.8) is 0 Å². The molecule has 0 fully saturated rings. The number of aromatic nitrogens is 5. The molecular weight excluding hydrogens is 672 g/mol. The highest BCUT2D eigenvalue weighted by Gasteiger charge is 2.14. The normalized spacial score (nSPS) is 10.3. The lowest BCUT2D eigenvalue weighted by molar-refractivity contribution is 0.567. The van der Waals surface area contributed by atoms with Crippen LogP contribution >= 0.6 is 11.6 Å². The summed E-state index contributed by atoms with van der Waals surface area (Å²) in [6, 6.07) is 31.3. The Kier molecular flexibility index (Phi) is 20.5. The number of hydrogen-bond donors (Lipinski definition) is 0. The van der Waals surface area contributed by atoms with Crippen LogP contribution in [0.4, 0.5) is 0 Å². The van der Waals surface area contributed by atoms with E-state index in [1.165, 1.54) is 5.69 Å². The smallest absolute Gasteiger partial charge is 0.140 e. The van der Waals surface area contributed by atoms with Crippen LogP contribution in [0.15, 0.2) is 91.0 Å². The first-order chi connectivity index (χ1) is 24.9. The van der Waals surface area contributed by atoms with E-state index >= 15 is 0 Å². The SMILES string of the molecule is C#Cc1cccc(C(C)C)n1.CC(C)c1cccc(C#N)n1.CC(C)c1cccc(Cl)n1.Cc1cccc(C(C)(C)C)n1.Cc1cccc(C(C)C)n1. The summed E-state index contributed by atoms with van der Waals surface area (Å²) >= 11 is 5.68. The van der Waals surface area contributed by atoms with Crippen LogP contribution in [0, 0.1) is 37.5 Å². The van der Waals surface area contributed by atoms with E-state index in [1.54, 1.807) is 12.1 Å². The summed E-state index contributed by atoms with van der Waals surface area (Å²) in [6.45, 7) is 27.4. The zero-order valence-corrected chi connectivity index (χ0v) is 34.9. The highest BCUT2D eigenvalue weighted by molar-refractivity contribution is 6.29. The zero-order chi connectivity index (χ0) is 40.1. The van der Waals surface area contributed by atoms with Crippen molar-refractivity contribution in [2.24, 2.45) is 0 Å². The number of nitriles is 1. The van der Waals surface area contributed by atoms with Crippen molar-refractivity contribution in [3.05, 3.63) is 147 Å². The van der Waals surface area contributed by atoms with Gasteiger partial charge in [-0.25, -0.2) is 15.0 Å². The highest BCUT2D eigenvalue weighted by atomic mass is 35.5. The summed E-state index contributed by atoms with van der Waals surface area (Å²) in [7, 11) is 0. The Bertz CT molecular complexity index is 1780. The van der Waals surface area contributed by atoms with Gasteiger partial charge in [-0.2, -0.15) is 5.26 Å². The molecule has 0 amide bonds. The van der Waals surface area contributed by atoms with Gasteiger partial charge in [-0.05, 0) is 98.2 Å². The van der Waals surface area contributed by atoms with Crippen molar-refractivity contribution in [1.82, 2.24) is 24.9 Å². The predicted molar refractivity (Wildman–Crippen MR) is 223 cm³/mol. The lowest BCUT2D eigenvalue weighted by Crippen LogP contribution is -2.13. The Morgan fingerprint density at radius 3 is 1.25 bits per heavy atom. The predicted octanol–water partition coefficient (Wildman–Crippen LogP) is 12.3. The number of hydrogen-bond acceptors (Lipinski definition) is 6. The third kappa shape index (κ3) is 18.9. The molecule has 0 saturated carbocycles. The molecule has 0 aliphatic heterocycles. The van der Waals surface area contributed by atoms with E-state index in [0.29, 0.717) is 34.5 Å². The fraction of sp³-hybridized carbons (Fsp3) is 0.391. The van der Waals surface area contributed by atoms with Gasteiger partial charge in [-0.15, -0.1) is 6.42 Å². The zero-order valence-electron chi connectivity index (χ0n) is 34.1. The first-order valence-corrected chi connectivity index (χ1v) is 18.6. The van der Waals surface area contributed by atoms with E-state index in [1.807, 2.05) is 74.5 Å². The molecule has 7 heteroatoms. The van der Waals surface area contributed by atoms with E-state index < -0.39 is 0 Å². The van der Waals surface area contributed by atoms with Crippen LogP contribution in [0.25, 0.3) is 0 Å². The standard InChI is InChI=1S/C10H15N.C10H11N.C9H10N2.C9H13N.C8H10ClN/c1-8-6-5-7-9(11-8)10(2,3)4;1-4-9-6-5-7-10(11-9)8(2)3;1-7(2)9-5-3-4-8(6-10)11-9;1-7(2)9-6-4-5-8(3)10-9;1-6(2)7-4-3-5-8(9)10-7/h5-7H,1-4H3;1,5-8H,2-3H3;3-5,7H,1-2H3;4-7H,1-3H3;3-6H,1-2H3. The van der Waals surface area contributed by atoms with Crippen molar-refractivity contribution in [1.29, 1.82) is 5.26 Å². The molecular formula is C46H59ClN6. The molecule has 0 atom stereocenters. The van der Waals surface area contributed by atoms with Crippen LogP contribution in [0.2, 0.25) is 5.15 Å². The van der Waals surface area contributed by atoms with Crippen molar-refractivity contribution in [2.45, 2.75) is 119 Å². The van der Waals surface area contributed by atoms with Crippen molar-refractivity contribution in [3.8, 4) is 18.4 Å². The average Bonchev–Trinajstić information content (AvgIpc) is 3.12. The van der Waals surface area contributed by atoms with Gasteiger partial charge in [0.05, 0.1) is 0 Å². The second kappa shape index (κ2) is 23.6. The molecule has 5 heterocycles. The van der Waals surface area contributed by atoms with Crippen LogP contribution < -0.4 is 0 Å². The molecule has 0 radical (unpaired) electrons. The Labute approximate surface area is 325 Å². The van der Waals surface area contributed by atoms with Gasteiger partial charge in [-0.3, -0.25) is 9.97 Å². The van der Waals surface area contributed by atoms with Gasteiger partial charge in [0, 0.05) is 45.3 Å². The van der Waals surface area contributed by atoms with Gasteiger partial charge >= 0.3 is 0 Å². The minimum absolute atomic E-state index is 0.173. The molecule has 0 saturated heterocycles. The fourth-order valence-electron chi connectivity index (χ4n) is 4.28. The van der Waals surface area contributed by atoms with E-state index in [9.17, 15) is 0 Å². The van der Waals surface area contributed by atoms with Crippen LogP contribution in [0.3, 0.4) is 0 Å². The molecule has 5 aromatic heterocycles. The van der Waals surface area contributed by atoms with E-state index in [0.717, 1.165) is 39.9 Å². The van der Waals surface area contributed by atoms with Crippen LogP contribution in [-0.4, -0.2) is 24.9 Å². The number of rotatable bonds is 4. The molecule has 0 spiro atoms. The van der Waals surface area contributed by atoms with Crippen LogP contribution in [0.1, 0.15) is 151 Å². The number of terminal acetylenes is 1. The number of halogens is 1. The summed E-state index contributed by atoms with van der Waals surface area (Å²) in [6.07, 6.45) is 5.21. The molecule has 0 aliphatic rings. The topological polar surface area (TPSA) is 88.2 Å². The van der Waals surface area contributed by atoms with Gasteiger partial charge in [0.15, 0.2) is 0 Å². The maximum atomic E-state index is 8.53. The van der Waals surface area contributed by atoms with Crippen molar-refractivity contribution < 1.29 is 0 Å². The first kappa shape index (κ1) is 46.1. The fourth-order valence-corrected chi connectivity index (χ4v) is 4.45. The van der Waals surface area contributed by atoms with Crippen LogP contribution in [0.5, 0.6) is 0 Å². The van der Waals surface area contributed by atoms with E-state index in [4.69, 9.17) is 23.3 Å². The van der Waals surface area contributed by atoms with Gasteiger partial charge in [0.2, 0.25) is 0 Å². The maximum absolute atomic E-state index is 8.53. The summed E-state index contributed by atoms with van der Waals surface area (Å²) in [4.78, 5) is 21.3. The second-order valence-electron chi connectivity index (χ2n) is 14.8. The minimum Gasteiger partial charge on any atom is -0.258 e. The first-order valence-electron chi connectivity index (χ1n) is 18.2. The number of aryl methyl sites for hydroxylation is 2. The largest absolute Gasteiger partial charge is 0.258 e. The van der Waals surface area contributed by atoms with Gasteiger partial charge in [-0.1, -0.05) is 124 Å². The summed E-state index contributed by atoms with van der Waals surface area (Å²) in [5.74, 6) is 4.35. The molecule has 0 aliphatic carbocycles. The molecule has 0 unspecified atom stereocenters. The van der Waals surface area contributed by atoms with E-state index in [2.05, 4.69) is 131 Å². The van der Waals surface area contributed by atoms with Crippen molar-refractivity contribution >= 4 is 11.6 Å². The van der Waals surface area contributed by atoms with E-state index in [-0.39, 0.29) is 5.41 Å². The summed E-state index contributed by atoms with van der Waals surface area (Å²) in [5.41, 5.74) is 9.01. The quantitative estimate of drug-likeness (QED) is 0.135. The van der Waals surface area contributed by atoms with Gasteiger partial charge in [0.1, 0.15) is 22.6 Å². The minimum atomic E-state index is 0.173. The lowest BCUT2D eigenvalue weighted by atomic mass is 9.91. The Morgan fingerprint density at radius 1 is 0.528 bits per heavy atom. The Hall–Kier alpha value is -4.91. The maximum Gasteiger partial charge on any atom is 0.140 e. The Balaban J connectivity index is 0.000000331. The molecule has 280 valence electrons. The molecule has 6 nitrogen and oxygen atoms in total. The molecule has 53 heavy (non-hydrogen) atoms. The van der Waals surface area contributed by atoms with Gasteiger partial charge < -0.3 is 0 Å². The number of nitrogens with zero attached hydrogens (tertiary/aromatic N) is 6. The van der Waals surface area contributed by atoms with Crippen LogP contribution in [-0.2, 0) is 5.41 Å². The molecule has 0 N–H and O–H groups in total. The molecule has 5 aromatic rings. The molecule has 5 rings (SSSR count). The van der Waals surface area contributed by atoms with Gasteiger partial charge in [0.25, 0.3) is 0 Å². The molecule has 0 aromatic carbocycles. The third-order valence-electron chi connectivity index (χ3n) is 7.47. The lowest BCUT2D eigenvalue weighted by Gasteiger charge is -2.17. The monoisotopic (exact) mass is 730 g/mol. The van der Waals surface area contributed by atoms with Crippen molar-refractivity contribution in [2.75, 3.05) is 0 Å². The second-order valence-corrected chi connectivity index (χ2v) is 15.2. The average molecular weight is 731 g/mol. The third-order valence-corrected chi connectivity index (χ3v) is 7.68. The summed E-state index contributed by atoms with van der Waals surface area (Å²) < 4.78 is 0. The summed E-state index contributed by atoms with van der Waals surface area (Å²) in [5, 5.41) is 9.11. The molecule has 0 bridgehead atoms. The number of pyridine rings is 5. The highest BCUT2D eigenvalue weighted by Crippen LogP contribution is 2.19.